The number of carbonyl (C=O) groups is 2. The highest BCUT2D eigenvalue weighted by molar-refractivity contribution is 5.87. The maximum absolute atomic E-state index is 12.2. The van der Waals surface area contributed by atoms with E-state index in [9.17, 15) is 9.59 Å². The minimum atomic E-state index is -0.526. The number of nitrogens with one attached hydrogen (secondary N) is 3. The van der Waals surface area contributed by atoms with Gasteiger partial charge in [-0.1, -0.05) is 20.8 Å². The molecule has 0 aliphatic heterocycles. The molecule has 2 amide bonds. The van der Waals surface area contributed by atoms with Gasteiger partial charge in [0.25, 0.3) is 0 Å². The predicted molar refractivity (Wildman–Crippen MR) is 72.2 cm³/mol. The monoisotopic (exact) mass is 266 g/mol. The van der Waals surface area contributed by atoms with Gasteiger partial charge in [-0.25, -0.2) is 4.98 Å². The lowest BCUT2D eigenvalue weighted by atomic mass is 10.0. The molecule has 1 aromatic rings. The summed E-state index contributed by atoms with van der Waals surface area (Å²) in [7, 11) is 0. The van der Waals surface area contributed by atoms with Gasteiger partial charge in [-0.15, -0.1) is 0 Å². The molecule has 106 valence electrons. The van der Waals surface area contributed by atoms with E-state index in [4.69, 9.17) is 0 Å². The molecule has 1 heterocycles. The molecule has 0 spiro atoms. The van der Waals surface area contributed by atoms with Gasteiger partial charge in [0.2, 0.25) is 11.8 Å². The van der Waals surface area contributed by atoms with Crippen LogP contribution in [-0.4, -0.2) is 27.8 Å². The molecule has 0 bridgehead atoms. The fourth-order valence-electron chi connectivity index (χ4n) is 1.85. The number of rotatable bonds is 6. The second kappa shape index (κ2) is 6.92. The first-order valence-corrected chi connectivity index (χ1v) is 6.52. The Morgan fingerprint density at radius 3 is 2.47 bits per heavy atom. The lowest BCUT2D eigenvalue weighted by Crippen LogP contribution is -2.49. The van der Waals surface area contributed by atoms with Crippen LogP contribution in [0.4, 0.5) is 0 Å². The number of nitrogens with zero attached hydrogens (tertiary/aromatic N) is 1. The molecule has 1 rings (SSSR count). The zero-order chi connectivity index (χ0) is 14.4. The number of H-pyrrole nitrogens is 1. The standard InChI is InChI=1S/C13H22N4O2/c1-5-10(12-14-6-7-15-12)17-13(19)11(8(2)3)16-9(4)18/h6-8,10-11H,5H2,1-4H3,(H,14,15)(H,16,18)(H,17,19). The largest absolute Gasteiger partial charge is 0.347 e. The summed E-state index contributed by atoms with van der Waals surface area (Å²) in [4.78, 5) is 30.5. The summed E-state index contributed by atoms with van der Waals surface area (Å²) in [5.41, 5.74) is 0. The van der Waals surface area contributed by atoms with Crippen LogP contribution in [-0.2, 0) is 9.59 Å². The fourth-order valence-corrected chi connectivity index (χ4v) is 1.85. The highest BCUT2D eigenvalue weighted by atomic mass is 16.2. The molecule has 3 N–H and O–H groups in total. The van der Waals surface area contributed by atoms with Gasteiger partial charge in [0.05, 0.1) is 6.04 Å². The predicted octanol–water partition coefficient (Wildman–Crippen LogP) is 1.14. The number of hydrogen-bond acceptors (Lipinski definition) is 3. The van der Waals surface area contributed by atoms with Crippen molar-refractivity contribution < 1.29 is 9.59 Å². The van der Waals surface area contributed by atoms with Crippen LogP contribution < -0.4 is 10.6 Å². The van der Waals surface area contributed by atoms with Crippen LogP contribution in [0.15, 0.2) is 12.4 Å². The van der Waals surface area contributed by atoms with Crippen molar-refractivity contribution in [3.63, 3.8) is 0 Å². The molecule has 0 saturated heterocycles. The number of aromatic nitrogens is 2. The van der Waals surface area contributed by atoms with Gasteiger partial charge in [-0.3, -0.25) is 9.59 Å². The van der Waals surface area contributed by atoms with Crippen molar-refractivity contribution in [2.45, 2.75) is 46.2 Å². The molecular formula is C13H22N4O2. The Kier molecular flexibility index (Phi) is 5.54. The molecule has 0 radical (unpaired) electrons. The zero-order valence-electron chi connectivity index (χ0n) is 11.9. The zero-order valence-corrected chi connectivity index (χ0v) is 11.9. The first kappa shape index (κ1) is 15.2. The molecule has 1 aromatic heterocycles. The van der Waals surface area contributed by atoms with Gasteiger partial charge in [0.1, 0.15) is 11.9 Å². The van der Waals surface area contributed by atoms with Gasteiger partial charge in [-0.2, -0.15) is 0 Å². The Bertz CT molecular complexity index is 414. The summed E-state index contributed by atoms with van der Waals surface area (Å²) in [6.07, 6.45) is 4.10. The van der Waals surface area contributed by atoms with Crippen molar-refractivity contribution in [2.75, 3.05) is 0 Å². The third-order valence-electron chi connectivity index (χ3n) is 2.88. The van der Waals surface area contributed by atoms with Crippen molar-refractivity contribution in [1.29, 1.82) is 0 Å². The molecule has 0 aliphatic carbocycles. The van der Waals surface area contributed by atoms with E-state index in [0.29, 0.717) is 0 Å². The van der Waals surface area contributed by atoms with Gasteiger partial charge in [0.15, 0.2) is 0 Å². The summed E-state index contributed by atoms with van der Waals surface area (Å²) in [5.74, 6) is 0.354. The molecule has 2 atom stereocenters. The van der Waals surface area contributed by atoms with E-state index in [-0.39, 0.29) is 23.8 Å². The number of amides is 2. The Morgan fingerprint density at radius 2 is 2.05 bits per heavy atom. The lowest BCUT2D eigenvalue weighted by molar-refractivity contribution is -0.129. The average molecular weight is 266 g/mol. The lowest BCUT2D eigenvalue weighted by Gasteiger charge is -2.23. The van der Waals surface area contributed by atoms with Crippen molar-refractivity contribution in [3.8, 4) is 0 Å². The third kappa shape index (κ3) is 4.39. The van der Waals surface area contributed by atoms with E-state index in [1.54, 1.807) is 12.4 Å². The first-order valence-electron chi connectivity index (χ1n) is 6.52. The van der Waals surface area contributed by atoms with Crippen LogP contribution in [0.3, 0.4) is 0 Å². The third-order valence-corrected chi connectivity index (χ3v) is 2.88. The van der Waals surface area contributed by atoms with Crippen LogP contribution in [0, 0.1) is 5.92 Å². The number of imidazole rings is 1. The number of carbonyl (C=O) groups excluding carboxylic acids is 2. The van der Waals surface area contributed by atoms with E-state index in [0.717, 1.165) is 12.2 Å². The topological polar surface area (TPSA) is 86.9 Å². The van der Waals surface area contributed by atoms with E-state index >= 15 is 0 Å². The molecule has 0 saturated carbocycles. The molecule has 2 unspecified atom stereocenters. The summed E-state index contributed by atoms with van der Waals surface area (Å²) in [5, 5.41) is 5.58. The van der Waals surface area contributed by atoms with Crippen LogP contribution in [0.25, 0.3) is 0 Å². The summed E-state index contributed by atoms with van der Waals surface area (Å²) < 4.78 is 0. The van der Waals surface area contributed by atoms with Crippen LogP contribution in [0.5, 0.6) is 0 Å². The quantitative estimate of drug-likeness (QED) is 0.721. The fraction of sp³-hybridized carbons (Fsp3) is 0.615. The molecule has 0 fully saturated rings. The molecule has 0 aliphatic rings. The van der Waals surface area contributed by atoms with Crippen LogP contribution in [0.2, 0.25) is 0 Å². The van der Waals surface area contributed by atoms with Gasteiger partial charge in [0, 0.05) is 19.3 Å². The van der Waals surface area contributed by atoms with Gasteiger partial charge in [-0.05, 0) is 12.3 Å². The maximum atomic E-state index is 12.2. The van der Waals surface area contributed by atoms with Crippen molar-refractivity contribution >= 4 is 11.8 Å². The normalized spacial score (nSPS) is 13.9. The SMILES string of the molecule is CCC(NC(=O)C(NC(C)=O)C(C)C)c1ncc[nH]1. The summed E-state index contributed by atoms with van der Waals surface area (Å²) >= 11 is 0. The van der Waals surface area contributed by atoms with Crippen LogP contribution in [0.1, 0.15) is 46.0 Å². The van der Waals surface area contributed by atoms with E-state index < -0.39 is 6.04 Å². The minimum absolute atomic E-state index is 0.0259. The Hall–Kier alpha value is -1.85. The van der Waals surface area contributed by atoms with Gasteiger partial charge >= 0.3 is 0 Å². The second-order valence-corrected chi connectivity index (χ2v) is 4.87. The molecule has 19 heavy (non-hydrogen) atoms. The van der Waals surface area contributed by atoms with E-state index in [1.165, 1.54) is 6.92 Å². The Labute approximate surface area is 113 Å². The second-order valence-electron chi connectivity index (χ2n) is 4.87. The molecule has 0 aromatic carbocycles. The highest BCUT2D eigenvalue weighted by Gasteiger charge is 2.25. The van der Waals surface area contributed by atoms with Gasteiger partial charge < -0.3 is 15.6 Å². The highest BCUT2D eigenvalue weighted by Crippen LogP contribution is 2.12. The van der Waals surface area contributed by atoms with Crippen LogP contribution >= 0.6 is 0 Å². The Balaban J connectivity index is 2.72. The van der Waals surface area contributed by atoms with E-state index in [2.05, 4.69) is 20.6 Å². The van der Waals surface area contributed by atoms with Crippen molar-refractivity contribution in [2.24, 2.45) is 5.92 Å². The Morgan fingerprint density at radius 1 is 1.37 bits per heavy atom. The maximum Gasteiger partial charge on any atom is 0.243 e. The van der Waals surface area contributed by atoms with Crippen molar-refractivity contribution in [1.82, 2.24) is 20.6 Å². The average Bonchev–Trinajstić information content (AvgIpc) is 2.85. The van der Waals surface area contributed by atoms with E-state index in [1.807, 2.05) is 20.8 Å². The molecule has 6 nitrogen and oxygen atoms in total. The summed E-state index contributed by atoms with van der Waals surface area (Å²) in [6.45, 7) is 7.17. The van der Waals surface area contributed by atoms with Crippen molar-refractivity contribution in [3.05, 3.63) is 18.2 Å². The minimum Gasteiger partial charge on any atom is -0.347 e. The smallest absolute Gasteiger partial charge is 0.243 e. The first-order chi connectivity index (χ1) is 8.95. The molecule has 6 heteroatoms. The summed E-state index contributed by atoms with van der Waals surface area (Å²) in [6, 6.07) is -0.695. The number of aromatic amines is 1. The number of hydrogen-bond donors (Lipinski definition) is 3. The molecular weight excluding hydrogens is 244 g/mol.